The standard InChI is InChI=1S/C21H26N2O2/c1-15-4-3-5-18(10-15)14-25-20-8-6-17(7-9-20)11-23-21(24)16(2)19-12-22-13-19/h3-10,16,19,22H,11-14H2,1-2H3,(H,23,24). The Balaban J connectivity index is 1.46. The molecular weight excluding hydrogens is 312 g/mol. The second kappa shape index (κ2) is 8.17. The van der Waals surface area contributed by atoms with Gasteiger partial charge in [0, 0.05) is 12.5 Å². The van der Waals surface area contributed by atoms with Crippen LogP contribution in [0.1, 0.15) is 23.6 Å². The molecule has 25 heavy (non-hydrogen) atoms. The fourth-order valence-corrected chi connectivity index (χ4v) is 2.90. The normalized spacial score (nSPS) is 15.3. The minimum Gasteiger partial charge on any atom is -0.489 e. The Morgan fingerprint density at radius 3 is 2.60 bits per heavy atom. The molecule has 2 aromatic carbocycles. The molecule has 1 saturated heterocycles. The third-order valence-electron chi connectivity index (χ3n) is 4.81. The van der Waals surface area contributed by atoms with Crippen molar-refractivity contribution in [1.82, 2.24) is 10.6 Å². The number of carbonyl (C=O) groups excluding carboxylic acids is 1. The summed E-state index contributed by atoms with van der Waals surface area (Å²) in [4.78, 5) is 12.1. The average molecular weight is 338 g/mol. The summed E-state index contributed by atoms with van der Waals surface area (Å²) >= 11 is 0. The lowest BCUT2D eigenvalue weighted by Crippen LogP contribution is -2.49. The fraction of sp³-hybridized carbons (Fsp3) is 0.381. The molecule has 0 bridgehead atoms. The van der Waals surface area contributed by atoms with Crippen LogP contribution in [0.4, 0.5) is 0 Å². The molecule has 0 spiro atoms. The molecule has 4 heteroatoms. The summed E-state index contributed by atoms with van der Waals surface area (Å²) in [5.74, 6) is 1.51. The Morgan fingerprint density at radius 2 is 1.96 bits per heavy atom. The van der Waals surface area contributed by atoms with E-state index >= 15 is 0 Å². The van der Waals surface area contributed by atoms with E-state index in [1.807, 2.05) is 37.3 Å². The van der Waals surface area contributed by atoms with Gasteiger partial charge in [0.1, 0.15) is 12.4 Å². The van der Waals surface area contributed by atoms with Gasteiger partial charge in [0.05, 0.1) is 0 Å². The van der Waals surface area contributed by atoms with E-state index in [1.165, 1.54) is 5.56 Å². The number of rotatable bonds is 7. The van der Waals surface area contributed by atoms with Crippen LogP contribution in [0.2, 0.25) is 0 Å². The SMILES string of the molecule is Cc1cccc(COc2ccc(CNC(=O)C(C)C3CNC3)cc2)c1. The first-order valence-electron chi connectivity index (χ1n) is 8.87. The summed E-state index contributed by atoms with van der Waals surface area (Å²) in [6.07, 6.45) is 0. The summed E-state index contributed by atoms with van der Waals surface area (Å²) in [6, 6.07) is 16.2. The Labute approximate surface area is 149 Å². The molecule has 0 aromatic heterocycles. The van der Waals surface area contributed by atoms with E-state index in [1.54, 1.807) is 0 Å². The maximum absolute atomic E-state index is 12.1. The average Bonchev–Trinajstić information content (AvgIpc) is 2.57. The molecule has 2 N–H and O–H groups in total. The molecular formula is C21H26N2O2. The van der Waals surface area contributed by atoms with Crippen molar-refractivity contribution < 1.29 is 9.53 Å². The van der Waals surface area contributed by atoms with Crippen molar-refractivity contribution in [1.29, 1.82) is 0 Å². The van der Waals surface area contributed by atoms with E-state index in [0.29, 0.717) is 19.1 Å². The van der Waals surface area contributed by atoms with Crippen LogP contribution in [0.3, 0.4) is 0 Å². The molecule has 1 fully saturated rings. The Hall–Kier alpha value is -2.33. The van der Waals surface area contributed by atoms with Gasteiger partial charge in [0.25, 0.3) is 0 Å². The molecule has 4 nitrogen and oxygen atoms in total. The van der Waals surface area contributed by atoms with Gasteiger partial charge in [-0.15, -0.1) is 0 Å². The summed E-state index contributed by atoms with van der Waals surface area (Å²) in [5, 5.41) is 6.23. The zero-order valence-corrected chi connectivity index (χ0v) is 14.9. The van der Waals surface area contributed by atoms with Crippen molar-refractivity contribution in [2.45, 2.75) is 27.0 Å². The molecule has 1 aliphatic heterocycles. The quantitative estimate of drug-likeness (QED) is 0.816. The predicted molar refractivity (Wildman–Crippen MR) is 99.3 cm³/mol. The first kappa shape index (κ1) is 17.5. The van der Waals surface area contributed by atoms with Crippen molar-refractivity contribution in [2.75, 3.05) is 13.1 Å². The zero-order valence-electron chi connectivity index (χ0n) is 14.9. The van der Waals surface area contributed by atoms with E-state index in [-0.39, 0.29) is 11.8 Å². The fourth-order valence-electron chi connectivity index (χ4n) is 2.90. The van der Waals surface area contributed by atoms with Crippen LogP contribution in [-0.4, -0.2) is 19.0 Å². The number of carbonyl (C=O) groups is 1. The van der Waals surface area contributed by atoms with Crippen molar-refractivity contribution in [3.63, 3.8) is 0 Å². The van der Waals surface area contributed by atoms with Crippen LogP contribution in [-0.2, 0) is 17.9 Å². The molecule has 132 valence electrons. The molecule has 0 radical (unpaired) electrons. The monoisotopic (exact) mass is 338 g/mol. The van der Waals surface area contributed by atoms with Crippen LogP contribution in [0.15, 0.2) is 48.5 Å². The van der Waals surface area contributed by atoms with Crippen LogP contribution < -0.4 is 15.4 Å². The van der Waals surface area contributed by atoms with Crippen molar-refractivity contribution >= 4 is 5.91 Å². The highest BCUT2D eigenvalue weighted by Gasteiger charge is 2.28. The summed E-state index contributed by atoms with van der Waals surface area (Å²) in [5.41, 5.74) is 3.48. The minimum atomic E-state index is 0.0678. The predicted octanol–water partition coefficient (Wildman–Crippen LogP) is 3.05. The molecule has 1 amide bonds. The largest absolute Gasteiger partial charge is 0.489 e. The van der Waals surface area contributed by atoms with Crippen molar-refractivity contribution in [3.05, 3.63) is 65.2 Å². The van der Waals surface area contributed by atoms with E-state index < -0.39 is 0 Å². The van der Waals surface area contributed by atoms with Gasteiger partial charge in [0.2, 0.25) is 5.91 Å². The Kier molecular flexibility index (Phi) is 5.71. The van der Waals surface area contributed by atoms with Gasteiger partial charge in [-0.3, -0.25) is 4.79 Å². The number of aryl methyl sites for hydroxylation is 1. The van der Waals surface area contributed by atoms with Crippen LogP contribution in [0.25, 0.3) is 0 Å². The second-order valence-corrected chi connectivity index (χ2v) is 6.85. The zero-order chi connectivity index (χ0) is 17.6. The van der Waals surface area contributed by atoms with Crippen molar-refractivity contribution in [3.8, 4) is 5.75 Å². The smallest absolute Gasteiger partial charge is 0.223 e. The number of hydrogen-bond donors (Lipinski definition) is 2. The summed E-state index contributed by atoms with van der Waals surface area (Å²) < 4.78 is 5.83. The molecule has 1 heterocycles. The Morgan fingerprint density at radius 1 is 1.20 bits per heavy atom. The van der Waals surface area contributed by atoms with Gasteiger partial charge in [-0.25, -0.2) is 0 Å². The van der Waals surface area contributed by atoms with Crippen LogP contribution >= 0.6 is 0 Å². The highest BCUT2D eigenvalue weighted by Crippen LogP contribution is 2.17. The maximum atomic E-state index is 12.1. The lowest BCUT2D eigenvalue weighted by Gasteiger charge is -2.31. The van der Waals surface area contributed by atoms with E-state index in [2.05, 4.69) is 35.8 Å². The molecule has 1 unspecified atom stereocenters. The molecule has 1 atom stereocenters. The molecule has 1 aliphatic rings. The first-order valence-corrected chi connectivity index (χ1v) is 8.87. The topological polar surface area (TPSA) is 50.4 Å². The Bertz CT molecular complexity index is 708. The maximum Gasteiger partial charge on any atom is 0.223 e. The summed E-state index contributed by atoms with van der Waals surface area (Å²) in [7, 11) is 0. The number of nitrogens with one attached hydrogen (secondary N) is 2. The van der Waals surface area contributed by atoms with E-state index in [9.17, 15) is 4.79 Å². The van der Waals surface area contributed by atoms with Crippen LogP contribution in [0, 0.1) is 18.8 Å². The van der Waals surface area contributed by atoms with Gasteiger partial charge in [-0.2, -0.15) is 0 Å². The number of hydrogen-bond acceptors (Lipinski definition) is 3. The highest BCUT2D eigenvalue weighted by atomic mass is 16.5. The van der Waals surface area contributed by atoms with E-state index in [4.69, 9.17) is 4.74 Å². The third kappa shape index (κ3) is 4.83. The minimum absolute atomic E-state index is 0.0678. The number of amides is 1. The number of benzene rings is 2. The lowest BCUT2D eigenvalue weighted by atomic mass is 9.88. The van der Waals surface area contributed by atoms with Crippen molar-refractivity contribution in [2.24, 2.45) is 11.8 Å². The molecule has 3 rings (SSSR count). The lowest BCUT2D eigenvalue weighted by molar-refractivity contribution is -0.126. The van der Waals surface area contributed by atoms with Crippen LogP contribution in [0.5, 0.6) is 5.75 Å². The second-order valence-electron chi connectivity index (χ2n) is 6.85. The van der Waals surface area contributed by atoms with Gasteiger partial charge >= 0.3 is 0 Å². The number of ether oxygens (including phenoxy) is 1. The molecule has 0 saturated carbocycles. The third-order valence-corrected chi connectivity index (χ3v) is 4.81. The van der Waals surface area contributed by atoms with Gasteiger partial charge in [-0.05, 0) is 49.2 Å². The van der Waals surface area contributed by atoms with Gasteiger partial charge in [0.15, 0.2) is 0 Å². The van der Waals surface area contributed by atoms with Gasteiger partial charge in [-0.1, -0.05) is 48.9 Å². The first-order chi connectivity index (χ1) is 12.1. The highest BCUT2D eigenvalue weighted by molar-refractivity contribution is 5.78. The molecule has 0 aliphatic carbocycles. The van der Waals surface area contributed by atoms with Gasteiger partial charge < -0.3 is 15.4 Å². The van der Waals surface area contributed by atoms with E-state index in [0.717, 1.165) is 30.0 Å². The molecule has 2 aromatic rings. The summed E-state index contributed by atoms with van der Waals surface area (Å²) in [6.45, 7) is 7.09.